The SMILES string of the molecule is O=c1c2[nH]c3ccc(Cl)cc3c2ncn1CCC1=CCCCC1. The molecule has 4 rings (SSSR count). The Kier molecular flexibility index (Phi) is 3.69. The highest BCUT2D eigenvalue weighted by atomic mass is 35.5. The van der Waals surface area contributed by atoms with Gasteiger partial charge in [-0.1, -0.05) is 23.3 Å². The maximum atomic E-state index is 12.7. The Morgan fingerprint density at radius 2 is 2.22 bits per heavy atom. The highest BCUT2D eigenvalue weighted by Crippen LogP contribution is 2.25. The van der Waals surface area contributed by atoms with Crippen molar-refractivity contribution in [1.29, 1.82) is 0 Å². The number of H-pyrrole nitrogens is 1. The Hall–Kier alpha value is -2.07. The first kappa shape index (κ1) is 14.5. The fraction of sp³-hybridized carbons (Fsp3) is 0.333. The van der Waals surface area contributed by atoms with Crippen LogP contribution in [-0.4, -0.2) is 14.5 Å². The summed E-state index contributed by atoms with van der Waals surface area (Å²) in [6.07, 6.45) is 9.79. The van der Waals surface area contributed by atoms with Crippen molar-refractivity contribution in [1.82, 2.24) is 14.5 Å². The topological polar surface area (TPSA) is 50.7 Å². The van der Waals surface area contributed by atoms with E-state index < -0.39 is 0 Å². The second-order valence-electron chi connectivity index (χ2n) is 6.14. The predicted octanol–water partition coefficient (Wildman–Crippen LogP) is 4.42. The summed E-state index contributed by atoms with van der Waals surface area (Å²) in [5.41, 5.74) is 3.59. The third kappa shape index (κ3) is 2.68. The molecule has 1 N–H and O–H groups in total. The van der Waals surface area contributed by atoms with Crippen LogP contribution in [-0.2, 0) is 6.54 Å². The van der Waals surface area contributed by atoms with Crippen molar-refractivity contribution in [2.45, 2.75) is 38.6 Å². The van der Waals surface area contributed by atoms with Gasteiger partial charge in [0.25, 0.3) is 5.56 Å². The Labute approximate surface area is 138 Å². The molecular weight excluding hydrogens is 310 g/mol. The Balaban J connectivity index is 1.71. The van der Waals surface area contributed by atoms with Crippen molar-refractivity contribution in [3.8, 4) is 0 Å². The van der Waals surface area contributed by atoms with E-state index in [-0.39, 0.29) is 5.56 Å². The number of aromatic amines is 1. The molecule has 2 aromatic heterocycles. The molecule has 0 aliphatic heterocycles. The second kappa shape index (κ2) is 5.85. The number of nitrogens with one attached hydrogen (secondary N) is 1. The molecule has 1 aliphatic rings. The van der Waals surface area contributed by atoms with E-state index in [1.807, 2.05) is 18.2 Å². The Bertz CT molecular complexity index is 967. The van der Waals surface area contributed by atoms with Crippen molar-refractivity contribution in [3.63, 3.8) is 0 Å². The zero-order valence-corrected chi connectivity index (χ0v) is 13.6. The molecule has 0 saturated carbocycles. The maximum Gasteiger partial charge on any atom is 0.277 e. The highest BCUT2D eigenvalue weighted by molar-refractivity contribution is 6.31. The molecule has 3 aromatic rings. The summed E-state index contributed by atoms with van der Waals surface area (Å²) in [6, 6.07) is 5.54. The number of allylic oxidation sites excluding steroid dienone is 2. The van der Waals surface area contributed by atoms with E-state index in [1.165, 1.54) is 24.8 Å². The van der Waals surface area contributed by atoms with Crippen LogP contribution in [0.3, 0.4) is 0 Å². The number of nitrogens with zero attached hydrogens (tertiary/aromatic N) is 2. The molecule has 1 aromatic carbocycles. The van der Waals surface area contributed by atoms with Crippen LogP contribution in [0, 0.1) is 0 Å². The summed E-state index contributed by atoms with van der Waals surface area (Å²) in [4.78, 5) is 20.4. The summed E-state index contributed by atoms with van der Waals surface area (Å²) in [5, 5.41) is 1.54. The summed E-state index contributed by atoms with van der Waals surface area (Å²) in [7, 11) is 0. The first-order valence-electron chi connectivity index (χ1n) is 8.07. The monoisotopic (exact) mass is 327 g/mol. The fourth-order valence-corrected chi connectivity index (χ4v) is 3.49. The van der Waals surface area contributed by atoms with Gasteiger partial charge in [-0.3, -0.25) is 9.36 Å². The lowest BCUT2D eigenvalue weighted by atomic mass is 9.97. The maximum absolute atomic E-state index is 12.7. The molecule has 0 saturated heterocycles. The molecule has 23 heavy (non-hydrogen) atoms. The minimum Gasteiger partial charge on any atom is -0.349 e. The van der Waals surface area contributed by atoms with Gasteiger partial charge < -0.3 is 4.98 Å². The van der Waals surface area contributed by atoms with E-state index in [1.54, 1.807) is 10.9 Å². The number of hydrogen-bond donors (Lipinski definition) is 1. The van der Waals surface area contributed by atoms with E-state index in [0.717, 1.165) is 23.7 Å². The lowest BCUT2D eigenvalue weighted by molar-refractivity contribution is 0.610. The van der Waals surface area contributed by atoms with Gasteiger partial charge in [0.2, 0.25) is 0 Å². The van der Waals surface area contributed by atoms with Crippen LogP contribution in [0.25, 0.3) is 21.9 Å². The normalized spacial score (nSPS) is 15.3. The quantitative estimate of drug-likeness (QED) is 0.724. The van der Waals surface area contributed by atoms with Crippen LogP contribution < -0.4 is 5.56 Å². The number of halogens is 1. The zero-order valence-electron chi connectivity index (χ0n) is 12.8. The molecule has 4 nitrogen and oxygen atoms in total. The number of aryl methyl sites for hydroxylation is 1. The molecule has 118 valence electrons. The number of aromatic nitrogens is 3. The van der Waals surface area contributed by atoms with E-state index in [9.17, 15) is 4.79 Å². The lowest BCUT2D eigenvalue weighted by Gasteiger charge is -2.13. The van der Waals surface area contributed by atoms with Crippen LogP contribution >= 0.6 is 11.6 Å². The van der Waals surface area contributed by atoms with Gasteiger partial charge in [-0.15, -0.1) is 0 Å². The van der Waals surface area contributed by atoms with E-state index in [0.29, 0.717) is 22.6 Å². The third-order valence-corrected chi connectivity index (χ3v) is 4.83. The number of benzene rings is 1. The van der Waals surface area contributed by atoms with Crippen LogP contribution in [0.1, 0.15) is 32.1 Å². The van der Waals surface area contributed by atoms with Crippen molar-refractivity contribution in [2.24, 2.45) is 0 Å². The Morgan fingerprint density at radius 3 is 3.04 bits per heavy atom. The molecule has 0 unspecified atom stereocenters. The highest BCUT2D eigenvalue weighted by Gasteiger charge is 2.12. The number of rotatable bonds is 3. The van der Waals surface area contributed by atoms with Gasteiger partial charge >= 0.3 is 0 Å². The van der Waals surface area contributed by atoms with Crippen molar-refractivity contribution in [3.05, 3.63) is 51.6 Å². The van der Waals surface area contributed by atoms with Crippen LogP contribution in [0.15, 0.2) is 41.0 Å². The summed E-state index contributed by atoms with van der Waals surface area (Å²) in [5.74, 6) is 0. The minimum absolute atomic E-state index is 0.0151. The largest absolute Gasteiger partial charge is 0.349 e. The molecule has 0 fully saturated rings. The van der Waals surface area contributed by atoms with Gasteiger partial charge in [-0.2, -0.15) is 0 Å². The van der Waals surface area contributed by atoms with Gasteiger partial charge in [-0.25, -0.2) is 4.98 Å². The van der Waals surface area contributed by atoms with Gasteiger partial charge in [0.15, 0.2) is 0 Å². The lowest BCUT2D eigenvalue weighted by Crippen LogP contribution is -2.21. The molecule has 0 amide bonds. The average molecular weight is 328 g/mol. The third-order valence-electron chi connectivity index (χ3n) is 4.59. The summed E-state index contributed by atoms with van der Waals surface area (Å²) < 4.78 is 1.70. The van der Waals surface area contributed by atoms with Crippen LogP contribution in [0.2, 0.25) is 5.02 Å². The van der Waals surface area contributed by atoms with E-state index in [4.69, 9.17) is 11.6 Å². The Morgan fingerprint density at radius 1 is 1.30 bits per heavy atom. The number of hydrogen-bond acceptors (Lipinski definition) is 2. The summed E-state index contributed by atoms with van der Waals surface area (Å²) >= 11 is 6.05. The smallest absolute Gasteiger partial charge is 0.277 e. The molecule has 2 heterocycles. The molecule has 0 spiro atoms. The van der Waals surface area contributed by atoms with Crippen LogP contribution in [0.4, 0.5) is 0 Å². The minimum atomic E-state index is -0.0151. The van der Waals surface area contributed by atoms with Crippen molar-refractivity contribution in [2.75, 3.05) is 0 Å². The first-order chi connectivity index (χ1) is 11.2. The van der Waals surface area contributed by atoms with Crippen LogP contribution in [0.5, 0.6) is 0 Å². The average Bonchev–Trinajstić information content (AvgIpc) is 2.94. The molecule has 5 heteroatoms. The summed E-state index contributed by atoms with van der Waals surface area (Å²) in [6.45, 7) is 0.684. The van der Waals surface area contributed by atoms with Crippen molar-refractivity contribution >= 4 is 33.5 Å². The van der Waals surface area contributed by atoms with Crippen molar-refractivity contribution < 1.29 is 0 Å². The molecule has 1 aliphatic carbocycles. The van der Waals surface area contributed by atoms with Gasteiger partial charge in [0.1, 0.15) is 11.0 Å². The molecule has 0 bridgehead atoms. The van der Waals surface area contributed by atoms with Gasteiger partial charge in [0, 0.05) is 22.5 Å². The molecular formula is C18H18ClN3O. The predicted molar refractivity (Wildman–Crippen MR) is 94.0 cm³/mol. The van der Waals surface area contributed by atoms with E-state index >= 15 is 0 Å². The molecule has 0 atom stereocenters. The molecule has 0 radical (unpaired) electrons. The number of fused-ring (bicyclic) bond motifs is 3. The van der Waals surface area contributed by atoms with E-state index in [2.05, 4.69) is 16.0 Å². The zero-order chi connectivity index (χ0) is 15.8. The van der Waals surface area contributed by atoms with Gasteiger partial charge in [-0.05, 0) is 50.3 Å². The second-order valence-corrected chi connectivity index (χ2v) is 6.58. The van der Waals surface area contributed by atoms with Gasteiger partial charge in [0.05, 0.1) is 6.33 Å². The standard InChI is InChI=1S/C18H18ClN3O/c19-13-6-7-15-14(10-13)16-17(21-15)18(23)22(11-20-16)9-8-12-4-2-1-3-5-12/h4,6-7,10-11,21H,1-3,5,8-9H2. The fourth-order valence-electron chi connectivity index (χ4n) is 3.32. The first-order valence-corrected chi connectivity index (χ1v) is 8.44.